The Kier molecular flexibility index (Phi) is 4.94. The second-order valence-electron chi connectivity index (χ2n) is 4.37. The van der Waals surface area contributed by atoms with Crippen molar-refractivity contribution in [2.24, 2.45) is 0 Å². The SMILES string of the molecule is O=C(CNCc1ccccc1F)Nc1ccc(F)cc1F. The van der Waals surface area contributed by atoms with E-state index in [1.165, 1.54) is 6.07 Å². The van der Waals surface area contributed by atoms with Gasteiger partial charge in [0.1, 0.15) is 17.5 Å². The molecule has 21 heavy (non-hydrogen) atoms. The van der Waals surface area contributed by atoms with Gasteiger partial charge in [0.25, 0.3) is 0 Å². The minimum atomic E-state index is -0.850. The molecule has 0 heterocycles. The molecule has 2 aromatic rings. The van der Waals surface area contributed by atoms with E-state index in [9.17, 15) is 18.0 Å². The number of amides is 1. The highest BCUT2D eigenvalue weighted by Crippen LogP contribution is 2.14. The molecule has 2 rings (SSSR count). The van der Waals surface area contributed by atoms with Gasteiger partial charge >= 0.3 is 0 Å². The Hall–Kier alpha value is -2.34. The highest BCUT2D eigenvalue weighted by atomic mass is 19.1. The van der Waals surface area contributed by atoms with E-state index in [1.807, 2.05) is 0 Å². The second kappa shape index (κ2) is 6.90. The summed E-state index contributed by atoms with van der Waals surface area (Å²) in [6, 6.07) is 9.05. The number of anilines is 1. The molecule has 0 atom stereocenters. The Balaban J connectivity index is 1.84. The minimum Gasteiger partial charge on any atom is -0.322 e. The molecule has 0 aliphatic carbocycles. The summed E-state index contributed by atoms with van der Waals surface area (Å²) in [5, 5.41) is 5.05. The highest BCUT2D eigenvalue weighted by Gasteiger charge is 2.08. The average molecular weight is 294 g/mol. The maximum Gasteiger partial charge on any atom is 0.238 e. The molecule has 1 amide bonds. The standard InChI is InChI=1S/C15H13F3N2O/c16-11-5-6-14(13(18)7-11)20-15(21)9-19-8-10-3-1-2-4-12(10)17/h1-7,19H,8-9H2,(H,20,21). The molecular weight excluding hydrogens is 281 g/mol. The van der Waals surface area contributed by atoms with Crippen LogP contribution in [-0.2, 0) is 11.3 Å². The number of rotatable bonds is 5. The van der Waals surface area contributed by atoms with Crippen LogP contribution in [0.2, 0.25) is 0 Å². The first kappa shape index (κ1) is 15.1. The molecule has 0 aliphatic rings. The first-order valence-electron chi connectivity index (χ1n) is 6.25. The molecular formula is C15H13F3N2O. The van der Waals surface area contributed by atoms with Crippen molar-refractivity contribution in [3.63, 3.8) is 0 Å². The zero-order valence-electron chi connectivity index (χ0n) is 11.0. The van der Waals surface area contributed by atoms with E-state index in [0.29, 0.717) is 11.6 Å². The van der Waals surface area contributed by atoms with E-state index in [4.69, 9.17) is 0 Å². The zero-order valence-corrected chi connectivity index (χ0v) is 11.0. The van der Waals surface area contributed by atoms with Crippen LogP contribution in [0.15, 0.2) is 42.5 Å². The van der Waals surface area contributed by atoms with Gasteiger partial charge in [0.2, 0.25) is 5.91 Å². The van der Waals surface area contributed by atoms with E-state index in [-0.39, 0.29) is 24.6 Å². The summed E-state index contributed by atoms with van der Waals surface area (Å²) >= 11 is 0. The van der Waals surface area contributed by atoms with Crippen molar-refractivity contribution in [2.45, 2.75) is 6.54 Å². The van der Waals surface area contributed by atoms with E-state index in [2.05, 4.69) is 10.6 Å². The van der Waals surface area contributed by atoms with Crippen LogP contribution in [-0.4, -0.2) is 12.5 Å². The van der Waals surface area contributed by atoms with Crippen molar-refractivity contribution < 1.29 is 18.0 Å². The van der Waals surface area contributed by atoms with Crippen LogP contribution in [0.4, 0.5) is 18.9 Å². The lowest BCUT2D eigenvalue weighted by molar-refractivity contribution is -0.115. The Bertz CT molecular complexity index is 647. The van der Waals surface area contributed by atoms with Crippen molar-refractivity contribution in [3.8, 4) is 0 Å². The number of hydrogen-bond donors (Lipinski definition) is 2. The summed E-state index contributed by atoms with van der Waals surface area (Å²) in [6.45, 7) is 0.0527. The van der Waals surface area contributed by atoms with Gasteiger partial charge in [-0.05, 0) is 18.2 Å². The number of benzene rings is 2. The van der Waals surface area contributed by atoms with Gasteiger partial charge in [0.15, 0.2) is 0 Å². The summed E-state index contributed by atoms with van der Waals surface area (Å²) in [7, 11) is 0. The summed E-state index contributed by atoms with van der Waals surface area (Å²) in [5.74, 6) is -2.44. The molecule has 0 spiro atoms. The molecule has 6 heteroatoms. The van der Waals surface area contributed by atoms with E-state index in [0.717, 1.165) is 12.1 Å². The Morgan fingerprint density at radius 1 is 1.00 bits per heavy atom. The lowest BCUT2D eigenvalue weighted by Gasteiger charge is -2.08. The second-order valence-corrected chi connectivity index (χ2v) is 4.37. The molecule has 0 unspecified atom stereocenters. The van der Waals surface area contributed by atoms with E-state index < -0.39 is 17.5 Å². The number of carbonyl (C=O) groups is 1. The van der Waals surface area contributed by atoms with E-state index >= 15 is 0 Å². The van der Waals surface area contributed by atoms with Crippen LogP contribution in [0.5, 0.6) is 0 Å². The van der Waals surface area contributed by atoms with Crippen LogP contribution in [0.3, 0.4) is 0 Å². The third kappa shape index (κ3) is 4.32. The minimum absolute atomic E-state index is 0.103. The largest absolute Gasteiger partial charge is 0.322 e. The molecule has 2 N–H and O–H groups in total. The fraction of sp³-hybridized carbons (Fsp3) is 0.133. The molecule has 3 nitrogen and oxygen atoms in total. The molecule has 0 aromatic heterocycles. The van der Waals surface area contributed by atoms with Gasteiger partial charge in [-0.15, -0.1) is 0 Å². The van der Waals surface area contributed by atoms with Crippen LogP contribution in [0.1, 0.15) is 5.56 Å². The zero-order chi connectivity index (χ0) is 15.2. The van der Waals surface area contributed by atoms with Crippen LogP contribution >= 0.6 is 0 Å². The molecule has 110 valence electrons. The Morgan fingerprint density at radius 3 is 2.48 bits per heavy atom. The number of hydrogen-bond acceptors (Lipinski definition) is 2. The third-order valence-electron chi connectivity index (χ3n) is 2.76. The Morgan fingerprint density at radius 2 is 1.76 bits per heavy atom. The van der Waals surface area contributed by atoms with Gasteiger partial charge in [0.05, 0.1) is 12.2 Å². The molecule has 2 aromatic carbocycles. The monoisotopic (exact) mass is 294 g/mol. The van der Waals surface area contributed by atoms with Crippen molar-refractivity contribution >= 4 is 11.6 Å². The molecule has 0 aliphatic heterocycles. The Labute approximate surface area is 119 Å². The summed E-state index contributed by atoms with van der Waals surface area (Å²) in [4.78, 5) is 11.6. The van der Waals surface area contributed by atoms with E-state index in [1.54, 1.807) is 18.2 Å². The highest BCUT2D eigenvalue weighted by molar-refractivity contribution is 5.92. The van der Waals surface area contributed by atoms with Crippen molar-refractivity contribution in [1.29, 1.82) is 0 Å². The van der Waals surface area contributed by atoms with Gasteiger partial charge in [0, 0.05) is 18.2 Å². The fourth-order valence-electron chi connectivity index (χ4n) is 1.74. The summed E-state index contributed by atoms with van der Waals surface area (Å²) < 4.78 is 39.4. The van der Waals surface area contributed by atoms with Gasteiger partial charge in [-0.3, -0.25) is 4.79 Å². The molecule has 0 fully saturated rings. The average Bonchev–Trinajstić information content (AvgIpc) is 2.44. The lowest BCUT2D eigenvalue weighted by atomic mass is 10.2. The normalized spacial score (nSPS) is 10.4. The summed E-state index contributed by atoms with van der Waals surface area (Å²) in [5.41, 5.74) is 0.326. The molecule has 0 radical (unpaired) electrons. The van der Waals surface area contributed by atoms with Crippen molar-refractivity contribution in [1.82, 2.24) is 5.32 Å². The molecule has 0 saturated carbocycles. The maximum absolute atomic E-state index is 13.3. The van der Waals surface area contributed by atoms with Gasteiger partial charge in [-0.25, -0.2) is 13.2 Å². The number of halogens is 3. The van der Waals surface area contributed by atoms with Crippen LogP contribution in [0, 0.1) is 17.5 Å². The number of nitrogens with one attached hydrogen (secondary N) is 2. The smallest absolute Gasteiger partial charge is 0.238 e. The fourth-order valence-corrected chi connectivity index (χ4v) is 1.74. The first-order valence-corrected chi connectivity index (χ1v) is 6.25. The van der Waals surface area contributed by atoms with Gasteiger partial charge in [-0.2, -0.15) is 0 Å². The predicted molar refractivity (Wildman–Crippen MR) is 73.1 cm³/mol. The third-order valence-corrected chi connectivity index (χ3v) is 2.76. The van der Waals surface area contributed by atoms with Gasteiger partial charge in [-0.1, -0.05) is 18.2 Å². The topological polar surface area (TPSA) is 41.1 Å². The molecule has 0 bridgehead atoms. The lowest BCUT2D eigenvalue weighted by Crippen LogP contribution is -2.28. The van der Waals surface area contributed by atoms with Crippen LogP contribution in [0.25, 0.3) is 0 Å². The quantitative estimate of drug-likeness (QED) is 0.890. The first-order chi connectivity index (χ1) is 10.1. The van der Waals surface area contributed by atoms with Crippen molar-refractivity contribution in [2.75, 3.05) is 11.9 Å². The molecule has 0 saturated heterocycles. The predicted octanol–water partition coefficient (Wildman–Crippen LogP) is 2.83. The van der Waals surface area contributed by atoms with Gasteiger partial charge < -0.3 is 10.6 Å². The summed E-state index contributed by atoms with van der Waals surface area (Å²) in [6.07, 6.45) is 0. The van der Waals surface area contributed by atoms with Crippen molar-refractivity contribution in [3.05, 3.63) is 65.5 Å². The number of carbonyl (C=O) groups excluding carboxylic acids is 1. The van der Waals surface area contributed by atoms with Crippen LogP contribution < -0.4 is 10.6 Å². The maximum atomic E-state index is 13.3.